The predicted molar refractivity (Wildman–Crippen MR) is 122 cm³/mol. The van der Waals surface area contributed by atoms with Crippen LogP contribution in [0.3, 0.4) is 0 Å². The molecule has 190 valence electrons. The number of aliphatic carboxylic acids is 1. The van der Waals surface area contributed by atoms with Crippen molar-refractivity contribution in [3.05, 3.63) is 0 Å². The van der Waals surface area contributed by atoms with Gasteiger partial charge in [-0.05, 0) is 44.1 Å². The van der Waals surface area contributed by atoms with Crippen LogP contribution >= 0.6 is 0 Å². The Kier molecular flexibility index (Phi) is 13.9. The summed E-state index contributed by atoms with van der Waals surface area (Å²) in [7, 11) is 0. The SMILES string of the molecule is CC(C)C(N)C(=O)NC(CCC(N)=O)C(=O)NC(C(=O)NC(CCCCN)C(=O)O)C(C)C. The third-order valence-electron chi connectivity index (χ3n) is 5.14. The van der Waals surface area contributed by atoms with Gasteiger partial charge in [-0.25, -0.2) is 4.79 Å². The Hall–Kier alpha value is -2.73. The molecule has 0 aromatic carbocycles. The number of carboxylic acid groups (broad SMARTS) is 1. The number of unbranched alkanes of at least 4 members (excludes halogenated alkanes) is 1. The highest BCUT2D eigenvalue weighted by atomic mass is 16.4. The molecule has 4 atom stereocenters. The summed E-state index contributed by atoms with van der Waals surface area (Å²) in [4.78, 5) is 60.8. The van der Waals surface area contributed by atoms with Gasteiger partial charge in [-0.1, -0.05) is 27.7 Å². The van der Waals surface area contributed by atoms with Crippen LogP contribution < -0.4 is 33.2 Å². The molecule has 0 radical (unpaired) electrons. The minimum absolute atomic E-state index is 0.0823. The summed E-state index contributed by atoms with van der Waals surface area (Å²) < 4.78 is 0. The minimum Gasteiger partial charge on any atom is -0.480 e. The van der Waals surface area contributed by atoms with Crippen LogP contribution in [0.2, 0.25) is 0 Å². The molecule has 0 fully saturated rings. The Morgan fingerprint density at radius 3 is 1.82 bits per heavy atom. The van der Waals surface area contributed by atoms with Crippen LogP contribution in [0.1, 0.15) is 59.8 Å². The van der Waals surface area contributed by atoms with E-state index >= 15 is 0 Å². The van der Waals surface area contributed by atoms with Gasteiger partial charge in [-0.3, -0.25) is 19.2 Å². The molecule has 0 aliphatic rings. The second-order valence-corrected chi connectivity index (χ2v) is 8.75. The van der Waals surface area contributed by atoms with Crippen molar-refractivity contribution in [3.63, 3.8) is 0 Å². The molecule has 4 amide bonds. The Bertz CT molecular complexity index is 684. The second kappa shape index (κ2) is 15.2. The molecule has 0 saturated carbocycles. The lowest BCUT2D eigenvalue weighted by molar-refractivity contribution is -0.142. The van der Waals surface area contributed by atoms with Gasteiger partial charge >= 0.3 is 5.97 Å². The lowest BCUT2D eigenvalue weighted by atomic mass is 10.00. The molecule has 0 saturated heterocycles. The summed E-state index contributed by atoms with van der Waals surface area (Å²) in [6.07, 6.45) is 1.08. The van der Waals surface area contributed by atoms with E-state index in [2.05, 4.69) is 16.0 Å². The van der Waals surface area contributed by atoms with Gasteiger partial charge in [-0.15, -0.1) is 0 Å². The highest BCUT2D eigenvalue weighted by Gasteiger charge is 2.32. The molecule has 33 heavy (non-hydrogen) atoms. The van der Waals surface area contributed by atoms with Gasteiger partial charge in [-0.2, -0.15) is 0 Å². The summed E-state index contributed by atoms with van der Waals surface area (Å²) in [6, 6.07) is -4.22. The number of amides is 4. The second-order valence-electron chi connectivity index (χ2n) is 8.75. The van der Waals surface area contributed by atoms with Crippen molar-refractivity contribution in [3.8, 4) is 0 Å². The molecule has 0 spiro atoms. The monoisotopic (exact) mass is 472 g/mol. The fourth-order valence-electron chi connectivity index (χ4n) is 2.93. The van der Waals surface area contributed by atoms with Gasteiger partial charge in [0.2, 0.25) is 23.6 Å². The highest BCUT2D eigenvalue weighted by Crippen LogP contribution is 2.08. The van der Waals surface area contributed by atoms with Crippen molar-refractivity contribution < 1.29 is 29.1 Å². The van der Waals surface area contributed by atoms with Gasteiger partial charge in [0.15, 0.2) is 0 Å². The zero-order valence-electron chi connectivity index (χ0n) is 19.9. The lowest BCUT2D eigenvalue weighted by Gasteiger charge is -2.27. The van der Waals surface area contributed by atoms with Gasteiger partial charge < -0.3 is 38.3 Å². The van der Waals surface area contributed by atoms with Gasteiger partial charge in [0.25, 0.3) is 0 Å². The van der Waals surface area contributed by atoms with Crippen LogP contribution in [-0.2, 0) is 24.0 Å². The van der Waals surface area contributed by atoms with Crippen LogP contribution in [0.15, 0.2) is 0 Å². The Labute approximate surface area is 194 Å². The number of primary amides is 1. The third kappa shape index (κ3) is 11.6. The Morgan fingerprint density at radius 1 is 0.788 bits per heavy atom. The molecule has 0 aliphatic heterocycles. The van der Waals surface area contributed by atoms with Crippen molar-refractivity contribution in [2.24, 2.45) is 29.0 Å². The predicted octanol–water partition coefficient (Wildman–Crippen LogP) is -1.44. The van der Waals surface area contributed by atoms with Crippen LogP contribution in [-0.4, -0.2) is 65.4 Å². The minimum atomic E-state index is -1.19. The molecule has 10 N–H and O–H groups in total. The summed E-state index contributed by atoms with van der Waals surface area (Å²) >= 11 is 0. The maximum Gasteiger partial charge on any atom is 0.326 e. The quantitative estimate of drug-likeness (QED) is 0.131. The number of carbonyl (C=O) groups is 5. The first kappa shape index (κ1) is 30.3. The number of nitrogens with one attached hydrogen (secondary N) is 3. The van der Waals surface area contributed by atoms with Crippen molar-refractivity contribution in [2.45, 2.75) is 84.0 Å². The van der Waals surface area contributed by atoms with Crippen LogP contribution in [0, 0.1) is 11.8 Å². The number of hydrogen-bond donors (Lipinski definition) is 7. The van der Waals surface area contributed by atoms with Gasteiger partial charge in [0, 0.05) is 6.42 Å². The highest BCUT2D eigenvalue weighted by molar-refractivity contribution is 5.94. The van der Waals surface area contributed by atoms with E-state index in [4.69, 9.17) is 17.2 Å². The van der Waals surface area contributed by atoms with E-state index in [1.165, 1.54) is 0 Å². The third-order valence-corrected chi connectivity index (χ3v) is 5.14. The van der Waals surface area contributed by atoms with Crippen molar-refractivity contribution in [2.75, 3.05) is 6.54 Å². The average molecular weight is 473 g/mol. The zero-order valence-corrected chi connectivity index (χ0v) is 19.9. The number of nitrogens with two attached hydrogens (primary N) is 3. The molecule has 12 nitrogen and oxygen atoms in total. The fourth-order valence-corrected chi connectivity index (χ4v) is 2.93. The molecule has 4 unspecified atom stereocenters. The number of rotatable bonds is 16. The number of hydrogen-bond acceptors (Lipinski definition) is 7. The maximum absolute atomic E-state index is 12.9. The molecular formula is C21H40N6O6. The van der Waals surface area contributed by atoms with E-state index in [1.54, 1.807) is 27.7 Å². The van der Waals surface area contributed by atoms with Crippen LogP contribution in [0.25, 0.3) is 0 Å². The van der Waals surface area contributed by atoms with E-state index in [-0.39, 0.29) is 25.2 Å². The first-order chi connectivity index (χ1) is 15.3. The van der Waals surface area contributed by atoms with Gasteiger partial charge in [0.1, 0.15) is 18.1 Å². The van der Waals surface area contributed by atoms with E-state index in [0.29, 0.717) is 19.4 Å². The molecular weight excluding hydrogens is 432 g/mol. The summed E-state index contributed by atoms with van der Waals surface area (Å²) in [5.74, 6) is -4.38. The Balaban J connectivity index is 5.43. The molecule has 0 aromatic rings. The van der Waals surface area contributed by atoms with Crippen molar-refractivity contribution >= 4 is 29.6 Å². The normalized spacial score (nSPS) is 14.8. The molecule has 0 bridgehead atoms. The van der Waals surface area contributed by atoms with Crippen molar-refractivity contribution in [1.29, 1.82) is 0 Å². The number of carboxylic acids is 1. The molecule has 12 heteroatoms. The largest absolute Gasteiger partial charge is 0.480 e. The summed E-state index contributed by atoms with van der Waals surface area (Å²) in [5, 5.41) is 16.9. The van der Waals surface area contributed by atoms with E-state index in [0.717, 1.165) is 0 Å². The van der Waals surface area contributed by atoms with Gasteiger partial charge in [0.05, 0.1) is 6.04 Å². The standard InChI is InChI=1S/C21H40N6O6/c1-11(2)16(24)19(30)25-13(8-9-15(23)28)18(29)27-17(12(3)4)20(31)26-14(21(32)33)7-5-6-10-22/h11-14,16-17H,5-10,22,24H2,1-4H3,(H2,23,28)(H,25,30)(H,26,31)(H,27,29)(H,32,33). The Morgan fingerprint density at radius 2 is 1.36 bits per heavy atom. The zero-order chi connectivity index (χ0) is 25.7. The molecule has 0 aliphatic carbocycles. The maximum atomic E-state index is 12.9. The number of carbonyl (C=O) groups excluding carboxylic acids is 4. The summed E-state index contributed by atoms with van der Waals surface area (Å²) in [5.41, 5.74) is 16.4. The van der Waals surface area contributed by atoms with E-state index < -0.39 is 59.7 Å². The van der Waals surface area contributed by atoms with E-state index in [1.807, 2.05) is 0 Å². The van der Waals surface area contributed by atoms with Crippen LogP contribution in [0.5, 0.6) is 0 Å². The first-order valence-electron chi connectivity index (χ1n) is 11.2. The molecule has 0 aromatic heterocycles. The topological polar surface area (TPSA) is 220 Å². The average Bonchev–Trinajstić information content (AvgIpc) is 2.72. The molecule has 0 rings (SSSR count). The fraction of sp³-hybridized carbons (Fsp3) is 0.762. The van der Waals surface area contributed by atoms with Crippen LogP contribution in [0.4, 0.5) is 0 Å². The van der Waals surface area contributed by atoms with Crippen molar-refractivity contribution in [1.82, 2.24) is 16.0 Å². The first-order valence-corrected chi connectivity index (χ1v) is 11.2. The lowest BCUT2D eigenvalue weighted by Crippen LogP contribution is -2.58. The molecule has 0 heterocycles. The summed E-state index contributed by atoms with van der Waals surface area (Å²) in [6.45, 7) is 7.26. The smallest absolute Gasteiger partial charge is 0.326 e. The van der Waals surface area contributed by atoms with E-state index in [9.17, 15) is 29.1 Å².